The van der Waals surface area contributed by atoms with Crippen molar-refractivity contribution in [2.75, 3.05) is 0 Å². The second kappa shape index (κ2) is 13.3. The Balaban J connectivity index is 4.96. The minimum Gasteiger partial charge on any atom is -0.369 e. The van der Waals surface area contributed by atoms with E-state index in [1.165, 1.54) is 11.1 Å². The van der Waals surface area contributed by atoms with Gasteiger partial charge in [0.1, 0.15) is 0 Å². The van der Waals surface area contributed by atoms with Gasteiger partial charge in [0.05, 0.1) is 0 Å². The Hall–Kier alpha value is -1.91. The molecule has 0 heterocycles. The molecule has 0 aromatic rings. The van der Waals surface area contributed by atoms with Gasteiger partial charge in [0.15, 0.2) is 0 Å². The Morgan fingerprint density at radius 3 is 1.77 bits per heavy atom. The lowest BCUT2D eigenvalue weighted by molar-refractivity contribution is -0.123. The van der Waals surface area contributed by atoms with Crippen LogP contribution in [-0.4, -0.2) is 17.8 Å². The number of allylic oxidation sites excluding steroid dienone is 4. The van der Waals surface area contributed by atoms with Crippen LogP contribution in [0.3, 0.4) is 0 Å². The van der Waals surface area contributed by atoms with Crippen LogP contribution in [-0.2, 0) is 9.59 Å². The normalized spacial score (nSPS) is 15.5. The number of nitrogens with two attached hydrogens (primary N) is 1. The van der Waals surface area contributed by atoms with Crippen LogP contribution in [0.1, 0.15) is 80.1 Å². The van der Waals surface area contributed by atoms with Crippen molar-refractivity contribution in [3.05, 3.63) is 23.3 Å². The van der Waals surface area contributed by atoms with Gasteiger partial charge in [0, 0.05) is 11.8 Å². The largest absolute Gasteiger partial charge is 0.369 e. The van der Waals surface area contributed by atoms with Gasteiger partial charge in [-0.1, -0.05) is 51.0 Å². The van der Waals surface area contributed by atoms with Gasteiger partial charge >= 0.3 is 0 Å². The molecule has 0 saturated heterocycles. The molecule has 0 radical (unpaired) electrons. The zero-order chi connectivity index (χ0) is 20.1. The smallest absolute Gasteiger partial charge is 0.252 e. The van der Waals surface area contributed by atoms with Crippen LogP contribution >= 0.6 is 0 Å². The molecule has 0 bridgehead atoms. The maximum atomic E-state index is 12.4. The second-order valence-corrected chi connectivity index (χ2v) is 6.54. The van der Waals surface area contributed by atoms with E-state index in [0.29, 0.717) is 25.7 Å². The quantitative estimate of drug-likeness (QED) is 0.341. The van der Waals surface area contributed by atoms with E-state index in [9.17, 15) is 9.59 Å². The second-order valence-electron chi connectivity index (χ2n) is 6.54. The molecule has 0 aliphatic heterocycles. The number of guanidine groups is 1. The van der Waals surface area contributed by atoms with Gasteiger partial charge in [-0.2, -0.15) is 4.99 Å². The summed E-state index contributed by atoms with van der Waals surface area (Å²) in [7, 11) is 0. The predicted molar refractivity (Wildman–Crippen MR) is 110 cm³/mol. The third-order valence-corrected chi connectivity index (χ3v) is 4.93. The highest BCUT2D eigenvalue weighted by atomic mass is 16.2. The summed E-state index contributed by atoms with van der Waals surface area (Å²) in [5, 5.41) is 2.60. The molecule has 0 aliphatic rings. The minimum absolute atomic E-state index is 0.103. The fraction of sp³-hybridized carbons (Fsp3) is 0.667. The van der Waals surface area contributed by atoms with Crippen molar-refractivity contribution in [3.8, 4) is 0 Å². The molecule has 26 heavy (non-hydrogen) atoms. The zero-order valence-corrected chi connectivity index (χ0v) is 17.4. The summed E-state index contributed by atoms with van der Waals surface area (Å²) >= 11 is 0. The molecule has 0 saturated carbocycles. The summed E-state index contributed by atoms with van der Waals surface area (Å²) < 4.78 is 0. The number of amides is 2. The molecule has 0 aliphatic carbocycles. The lowest BCUT2D eigenvalue weighted by Gasteiger charge is -2.16. The molecule has 5 heteroatoms. The molecule has 0 fully saturated rings. The molecule has 5 nitrogen and oxygen atoms in total. The van der Waals surface area contributed by atoms with Crippen LogP contribution in [0.4, 0.5) is 0 Å². The molecular weight excluding hydrogens is 326 g/mol. The molecule has 2 unspecified atom stereocenters. The van der Waals surface area contributed by atoms with Crippen LogP contribution in [0.5, 0.6) is 0 Å². The standard InChI is InChI=1S/C21H37N3O2/c1-7-15(8-2)13-17(11-5)19(25)23-21(22)24-20(26)18(12-6)14-16(9-3)10-4/h7,9,17-18H,8,10-14H2,1-6H3,(H3,22,23,24,25,26)/b15-7+,16-9+. The Labute approximate surface area is 159 Å². The number of carbonyl (C=O) groups excluding carboxylic acids is 2. The number of hydrogen-bond acceptors (Lipinski definition) is 2. The van der Waals surface area contributed by atoms with Gasteiger partial charge < -0.3 is 5.73 Å². The van der Waals surface area contributed by atoms with Crippen molar-refractivity contribution in [3.63, 3.8) is 0 Å². The van der Waals surface area contributed by atoms with Crippen LogP contribution in [0.2, 0.25) is 0 Å². The summed E-state index contributed by atoms with van der Waals surface area (Å²) in [6.45, 7) is 12.1. The highest BCUT2D eigenvalue weighted by molar-refractivity contribution is 6.02. The van der Waals surface area contributed by atoms with Gasteiger partial charge in [0.2, 0.25) is 11.9 Å². The number of aliphatic imine (C=N–C) groups is 1. The van der Waals surface area contributed by atoms with Crippen LogP contribution < -0.4 is 11.1 Å². The van der Waals surface area contributed by atoms with Crippen molar-refractivity contribution in [1.29, 1.82) is 0 Å². The molecule has 0 aromatic carbocycles. The first kappa shape index (κ1) is 24.1. The summed E-state index contributed by atoms with van der Waals surface area (Å²) in [4.78, 5) is 28.7. The van der Waals surface area contributed by atoms with Crippen LogP contribution in [0.25, 0.3) is 0 Å². The van der Waals surface area contributed by atoms with Crippen molar-refractivity contribution in [2.45, 2.75) is 80.1 Å². The summed E-state index contributed by atoms with van der Waals surface area (Å²) in [6, 6.07) is 0. The molecule has 0 rings (SSSR count). The third-order valence-electron chi connectivity index (χ3n) is 4.93. The van der Waals surface area contributed by atoms with E-state index >= 15 is 0 Å². The lowest BCUT2D eigenvalue weighted by atomic mass is 9.94. The highest BCUT2D eigenvalue weighted by Gasteiger charge is 2.20. The first-order valence-corrected chi connectivity index (χ1v) is 9.83. The van der Waals surface area contributed by atoms with Crippen LogP contribution in [0, 0.1) is 11.8 Å². The first-order chi connectivity index (χ1) is 12.4. The number of carbonyl (C=O) groups is 2. The Bertz CT molecular complexity index is 547. The van der Waals surface area contributed by atoms with Crippen molar-refractivity contribution < 1.29 is 9.59 Å². The van der Waals surface area contributed by atoms with E-state index in [4.69, 9.17) is 5.73 Å². The first-order valence-electron chi connectivity index (χ1n) is 9.83. The molecular formula is C21H37N3O2. The van der Waals surface area contributed by atoms with E-state index in [-0.39, 0.29) is 29.6 Å². The Morgan fingerprint density at radius 1 is 0.923 bits per heavy atom. The number of nitrogens with one attached hydrogen (secondary N) is 1. The zero-order valence-electron chi connectivity index (χ0n) is 17.4. The fourth-order valence-electron chi connectivity index (χ4n) is 2.86. The van der Waals surface area contributed by atoms with Crippen molar-refractivity contribution in [2.24, 2.45) is 22.6 Å². The van der Waals surface area contributed by atoms with Gasteiger partial charge in [0.25, 0.3) is 5.91 Å². The van der Waals surface area contributed by atoms with Gasteiger partial charge in [-0.3, -0.25) is 14.9 Å². The monoisotopic (exact) mass is 363 g/mol. The fourth-order valence-corrected chi connectivity index (χ4v) is 2.86. The maximum Gasteiger partial charge on any atom is 0.252 e. The Morgan fingerprint density at radius 2 is 1.38 bits per heavy atom. The maximum absolute atomic E-state index is 12.4. The highest BCUT2D eigenvalue weighted by Crippen LogP contribution is 2.20. The molecule has 3 N–H and O–H groups in total. The summed E-state index contributed by atoms with van der Waals surface area (Å²) in [5.41, 5.74) is 8.29. The summed E-state index contributed by atoms with van der Waals surface area (Å²) in [6.07, 6.45) is 8.73. The van der Waals surface area contributed by atoms with Crippen molar-refractivity contribution in [1.82, 2.24) is 5.32 Å². The average Bonchev–Trinajstić information content (AvgIpc) is 2.63. The molecule has 0 spiro atoms. The third kappa shape index (κ3) is 8.45. The predicted octanol–water partition coefficient (Wildman–Crippen LogP) is 4.49. The molecule has 2 amide bonds. The van der Waals surface area contributed by atoms with Crippen LogP contribution in [0.15, 0.2) is 28.3 Å². The number of hydrogen-bond donors (Lipinski definition) is 2. The average molecular weight is 364 g/mol. The van der Waals surface area contributed by atoms with Gasteiger partial charge in [-0.25, -0.2) is 0 Å². The topological polar surface area (TPSA) is 84.6 Å². The summed E-state index contributed by atoms with van der Waals surface area (Å²) in [5.74, 6) is -0.914. The van der Waals surface area contributed by atoms with Crippen molar-refractivity contribution >= 4 is 17.8 Å². The number of rotatable bonds is 10. The number of nitrogens with zero attached hydrogens (tertiary/aromatic N) is 1. The SMILES string of the molecule is C/C=C(\CC)CC(CC)C(=O)N=C(N)NC(=O)C(CC)C/C(=C/C)CC. The van der Waals surface area contributed by atoms with E-state index < -0.39 is 0 Å². The molecule has 0 aromatic heterocycles. The molecule has 148 valence electrons. The van der Waals surface area contributed by atoms with E-state index in [1.807, 2.05) is 33.8 Å². The van der Waals surface area contributed by atoms with E-state index in [2.05, 4.69) is 30.2 Å². The van der Waals surface area contributed by atoms with Gasteiger partial charge in [-0.15, -0.1) is 0 Å². The van der Waals surface area contributed by atoms with Gasteiger partial charge in [-0.05, 0) is 52.4 Å². The van der Waals surface area contributed by atoms with E-state index in [0.717, 1.165) is 12.8 Å². The van der Waals surface area contributed by atoms with E-state index in [1.54, 1.807) is 0 Å². The lowest BCUT2D eigenvalue weighted by Crippen LogP contribution is -2.41. The minimum atomic E-state index is -0.270. The Kier molecular flexibility index (Phi) is 12.3. The molecule has 2 atom stereocenters.